The van der Waals surface area contributed by atoms with E-state index in [-0.39, 0.29) is 5.97 Å². The molecule has 24 heavy (non-hydrogen) atoms. The summed E-state index contributed by atoms with van der Waals surface area (Å²) in [6.07, 6.45) is 6.61. The second-order valence-electron chi connectivity index (χ2n) is 6.96. The zero-order chi connectivity index (χ0) is 16.5. The predicted molar refractivity (Wildman–Crippen MR) is 93.3 cm³/mol. The highest BCUT2D eigenvalue weighted by Crippen LogP contribution is 2.36. The van der Waals surface area contributed by atoms with Crippen molar-refractivity contribution in [1.29, 1.82) is 0 Å². The molecule has 1 saturated heterocycles. The van der Waals surface area contributed by atoms with Crippen LogP contribution in [0, 0.1) is 5.92 Å². The quantitative estimate of drug-likeness (QED) is 0.858. The van der Waals surface area contributed by atoms with Gasteiger partial charge in [-0.15, -0.1) is 0 Å². The van der Waals surface area contributed by atoms with Gasteiger partial charge >= 0.3 is 5.97 Å². The predicted octanol–water partition coefficient (Wildman–Crippen LogP) is 3.09. The summed E-state index contributed by atoms with van der Waals surface area (Å²) < 4.78 is 7.49. The molecular weight excluding hydrogens is 302 g/mol. The van der Waals surface area contributed by atoms with Crippen LogP contribution in [0.5, 0.6) is 0 Å². The number of nitrogens with one attached hydrogen (secondary N) is 1. The van der Waals surface area contributed by atoms with Gasteiger partial charge in [-0.05, 0) is 63.7 Å². The second kappa shape index (κ2) is 6.55. The summed E-state index contributed by atoms with van der Waals surface area (Å²) in [7, 11) is 0. The van der Waals surface area contributed by atoms with Gasteiger partial charge in [-0.2, -0.15) is 0 Å². The Morgan fingerprint density at radius 1 is 1.33 bits per heavy atom. The molecule has 0 atom stereocenters. The van der Waals surface area contributed by atoms with Gasteiger partial charge in [0.1, 0.15) is 5.69 Å². The van der Waals surface area contributed by atoms with E-state index < -0.39 is 0 Å². The van der Waals surface area contributed by atoms with E-state index in [0.717, 1.165) is 49.1 Å². The summed E-state index contributed by atoms with van der Waals surface area (Å²) in [5, 5.41) is 4.53. The lowest BCUT2D eigenvalue weighted by Gasteiger charge is -2.23. The minimum Gasteiger partial charge on any atom is -0.461 e. The maximum atomic E-state index is 12.5. The smallest absolute Gasteiger partial charge is 0.354 e. The van der Waals surface area contributed by atoms with Crippen molar-refractivity contribution in [3.8, 4) is 0 Å². The molecule has 128 valence electrons. The van der Waals surface area contributed by atoms with Gasteiger partial charge in [-0.1, -0.05) is 0 Å². The first-order valence-corrected chi connectivity index (χ1v) is 9.14. The SMILES string of the molecule is CCOC(=O)c1cc2ccnc(C3CCNCC3)c2n1CC1CC1. The molecule has 0 unspecified atom stereocenters. The highest BCUT2D eigenvalue weighted by Gasteiger charge is 2.28. The molecule has 4 rings (SSSR count). The Kier molecular flexibility index (Phi) is 4.27. The van der Waals surface area contributed by atoms with Gasteiger partial charge in [0, 0.05) is 24.0 Å². The van der Waals surface area contributed by atoms with E-state index in [0.29, 0.717) is 24.1 Å². The van der Waals surface area contributed by atoms with E-state index >= 15 is 0 Å². The van der Waals surface area contributed by atoms with E-state index in [4.69, 9.17) is 9.72 Å². The molecule has 5 nitrogen and oxygen atoms in total. The number of esters is 1. The average molecular weight is 327 g/mol. The first kappa shape index (κ1) is 15.6. The van der Waals surface area contributed by atoms with Gasteiger partial charge in [0.05, 0.1) is 17.8 Å². The fourth-order valence-corrected chi connectivity index (χ4v) is 3.76. The number of rotatable bonds is 5. The third kappa shape index (κ3) is 2.93. The molecule has 5 heteroatoms. The van der Waals surface area contributed by atoms with Crippen LogP contribution in [0.2, 0.25) is 0 Å². The molecule has 2 aromatic rings. The number of ether oxygens (including phenoxy) is 1. The van der Waals surface area contributed by atoms with Crippen molar-refractivity contribution < 1.29 is 9.53 Å². The van der Waals surface area contributed by atoms with Gasteiger partial charge in [-0.3, -0.25) is 4.98 Å². The molecule has 3 heterocycles. The first-order valence-electron chi connectivity index (χ1n) is 9.14. The van der Waals surface area contributed by atoms with Crippen molar-refractivity contribution in [3.05, 3.63) is 29.7 Å². The first-order chi connectivity index (χ1) is 11.8. The maximum Gasteiger partial charge on any atom is 0.354 e. The number of hydrogen-bond acceptors (Lipinski definition) is 4. The average Bonchev–Trinajstić information content (AvgIpc) is 3.35. The monoisotopic (exact) mass is 327 g/mol. The minimum atomic E-state index is -0.217. The molecule has 2 aliphatic rings. The summed E-state index contributed by atoms with van der Waals surface area (Å²) in [4.78, 5) is 17.2. The van der Waals surface area contributed by atoms with Crippen LogP contribution in [-0.4, -0.2) is 35.2 Å². The zero-order valence-electron chi connectivity index (χ0n) is 14.3. The van der Waals surface area contributed by atoms with E-state index in [9.17, 15) is 4.79 Å². The lowest BCUT2D eigenvalue weighted by Crippen LogP contribution is -2.27. The number of nitrogens with zero attached hydrogens (tertiary/aromatic N) is 2. The topological polar surface area (TPSA) is 56.1 Å². The van der Waals surface area contributed by atoms with Gasteiger partial charge < -0.3 is 14.6 Å². The van der Waals surface area contributed by atoms with E-state index in [1.807, 2.05) is 25.3 Å². The molecule has 1 aliphatic carbocycles. The zero-order valence-corrected chi connectivity index (χ0v) is 14.3. The van der Waals surface area contributed by atoms with Gasteiger partial charge in [0.2, 0.25) is 0 Å². The Morgan fingerprint density at radius 3 is 2.83 bits per heavy atom. The molecule has 0 amide bonds. The van der Waals surface area contributed by atoms with E-state index in [1.165, 1.54) is 12.8 Å². The van der Waals surface area contributed by atoms with Crippen molar-refractivity contribution in [2.24, 2.45) is 5.92 Å². The summed E-state index contributed by atoms with van der Waals surface area (Å²) in [6, 6.07) is 4.01. The standard InChI is InChI=1S/C19H25N3O2/c1-2-24-19(23)16-11-15-7-10-21-17(14-5-8-20-9-6-14)18(15)22(16)12-13-3-4-13/h7,10-11,13-14,20H,2-6,8-9,12H2,1H3. The van der Waals surface area contributed by atoms with Crippen molar-refractivity contribution in [3.63, 3.8) is 0 Å². The number of carbonyl (C=O) groups excluding carboxylic acids is 1. The van der Waals surface area contributed by atoms with Gasteiger partial charge in [-0.25, -0.2) is 4.79 Å². The van der Waals surface area contributed by atoms with Crippen LogP contribution in [0.25, 0.3) is 10.9 Å². The number of piperidine rings is 1. The van der Waals surface area contributed by atoms with E-state index in [1.54, 1.807) is 0 Å². The van der Waals surface area contributed by atoms with E-state index in [2.05, 4.69) is 9.88 Å². The number of carbonyl (C=O) groups is 1. The number of hydrogen-bond donors (Lipinski definition) is 1. The Morgan fingerprint density at radius 2 is 2.12 bits per heavy atom. The molecule has 1 saturated carbocycles. The highest BCUT2D eigenvalue weighted by molar-refractivity contribution is 5.96. The van der Waals surface area contributed by atoms with Crippen LogP contribution in [0.15, 0.2) is 18.3 Å². The molecule has 2 fully saturated rings. The molecule has 0 aromatic carbocycles. The van der Waals surface area contributed by atoms with Crippen molar-refractivity contribution >= 4 is 16.9 Å². The Labute approximate surface area is 142 Å². The van der Waals surface area contributed by atoms with Crippen LogP contribution in [0.3, 0.4) is 0 Å². The summed E-state index contributed by atoms with van der Waals surface area (Å²) >= 11 is 0. The minimum absolute atomic E-state index is 0.217. The Bertz CT molecular complexity index is 742. The Balaban J connectivity index is 1.82. The van der Waals surface area contributed by atoms with Gasteiger partial charge in [0.25, 0.3) is 0 Å². The van der Waals surface area contributed by atoms with Crippen LogP contribution >= 0.6 is 0 Å². The number of pyridine rings is 1. The summed E-state index contributed by atoms with van der Waals surface area (Å²) in [5.41, 5.74) is 2.99. The fraction of sp³-hybridized carbons (Fsp3) is 0.579. The third-order valence-electron chi connectivity index (χ3n) is 5.18. The number of aromatic nitrogens is 2. The van der Waals surface area contributed by atoms with Crippen molar-refractivity contribution in [2.45, 2.75) is 45.1 Å². The molecule has 0 radical (unpaired) electrons. The third-order valence-corrected chi connectivity index (χ3v) is 5.18. The highest BCUT2D eigenvalue weighted by atomic mass is 16.5. The van der Waals surface area contributed by atoms with Crippen molar-refractivity contribution in [1.82, 2.24) is 14.9 Å². The molecular formula is C19H25N3O2. The molecule has 1 N–H and O–H groups in total. The molecule has 2 aromatic heterocycles. The van der Waals surface area contributed by atoms with Crippen LogP contribution in [-0.2, 0) is 11.3 Å². The molecule has 0 bridgehead atoms. The number of fused-ring (bicyclic) bond motifs is 1. The van der Waals surface area contributed by atoms with Crippen molar-refractivity contribution in [2.75, 3.05) is 19.7 Å². The Hall–Kier alpha value is -1.88. The lowest BCUT2D eigenvalue weighted by molar-refractivity contribution is 0.0514. The van der Waals surface area contributed by atoms with Crippen LogP contribution in [0.4, 0.5) is 0 Å². The molecule has 0 spiro atoms. The van der Waals surface area contributed by atoms with Crippen LogP contribution < -0.4 is 5.32 Å². The fourth-order valence-electron chi connectivity index (χ4n) is 3.76. The normalized spacial score (nSPS) is 18.9. The second-order valence-corrected chi connectivity index (χ2v) is 6.96. The lowest BCUT2D eigenvalue weighted by atomic mass is 9.93. The largest absolute Gasteiger partial charge is 0.461 e. The van der Waals surface area contributed by atoms with Gasteiger partial charge in [0.15, 0.2) is 0 Å². The summed E-state index contributed by atoms with van der Waals surface area (Å²) in [6.45, 7) is 5.24. The molecule has 1 aliphatic heterocycles. The summed E-state index contributed by atoms with van der Waals surface area (Å²) in [5.74, 6) is 0.943. The maximum absolute atomic E-state index is 12.5. The van der Waals surface area contributed by atoms with Crippen LogP contribution in [0.1, 0.15) is 54.7 Å².